The summed E-state index contributed by atoms with van der Waals surface area (Å²) in [5.74, 6) is -1.06. The van der Waals surface area contributed by atoms with Gasteiger partial charge in [0.25, 0.3) is 0 Å². The van der Waals surface area contributed by atoms with E-state index in [4.69, 9.17) is 9.47 Å². The van der Waals surface area contributed by atoms with Crippen molar-refractivity contribution in [1.82, 2.24) is 0 Å². The Kier molecular flexibility index (Phi) is 16.4. The highest BCUT2D eigenvalue weighted by molar-refractivity contribution is 5.69. The second-order valence-electron chi connectivity index (χ2n) is 9.09. The van der Waals surface area contributed by atoms with Gasteiger partial charge in [0, 0.05) is 25.9 Å². The third-order valence-corrected chi connectivity index (χ3v) is 4.87. The highest BCUT2D eigenvalue weighted by Gasteiger charge is 2.25. The van der Waals surface area contributed by atoms with Crippen molar-refractivity contribution in [1.29, 1.82) is 0 Å². The molecule has 0 aromatic carbocycles. The molecule has 29 heavy (non-hydrogen) atoms. The first-order chi connectivity index (χ1) is 13.7. The molecule has 0 aromatic rings. The maximum atomic E-state index is 11.6. The highest BCUT2D eigenvalue weighted by atomic mass is 16.6. The van der Waals surface area contributed by atoms with Crippen LogP contribution in [0.4, 0.5) is 0 Å². The Labute approximate surface area is 180 Å². The van der Waals surface area contributed by atoms with Gasteiger partial charge >= 0.3 is 5.97 Å². The number of hydrogen-bond donors (Lipinski definition) is 1. The molecule has 0 radical (unpaired) electrons. The van der Waals surface area contributed by atoms with Crippen LogP contribution < -0.4 is 0 Å². The first-order valence-corrected chi connectivity index (χ1v) is 12.0. The average Bonchev–Trinajstić information content (AvgIpc) is 2.62. The molecule has 0 spiro atoms. The lowest BCUT2D eigenvalue weighted by Gasteiger charge is -2.28. The van der Waals surface area contributed by atoms with E-state index < -0.39 is 11.4 Å². The van der Waals surface area contributed by atoms with Crippen molar-refractivity contribution < 1.29 is 19.4 Å². The fourth-order valence-electron chi connectivity index (χ4n) is 3.39. The van der Waals surface area contributed by atoms with E-state index >= 15 is 0 Å². The molecule has 1 atom stereocenters. The van der Waals surface area contributed by atoms with E-state index in [-0.39, 0.29) is 5.97 Å². The Morgan fingerprint density at radius 3 is 1.93 bits per heavy atom. The summed E-state index contributed by atoms with van der Waals surface area (Å²) in [6.45, 7) is 10.4. The van der Waals surface area contributed by atoms with Crippen molar-refractivity contribution in [2.45, 2.75) is 136 Å². The number of rotatable bonds is 18. The molecule has 0 saturated heterocycles. The van der Waals surface area contributed by atoms with Gasteiger partial charge in [-0.25, -0.2) is 0 Å². The minimum atomic E-state index is -0.928. The smallest absolute Gasteiger partial charge is 0.306 e. The van der Waals surface area contributed by atoms with E-state index in [1.807, 2.05) is 27.7 Å². The summed E-state index contributed by atoms with van der Waals surface area (Å²) in [5, 5.41) is 10.7. The van der Waals surface area contributed by atoms with Gasteiger partial charge in [-0.05, 0) is 59.8 Å². The Bertz CT molecular complexity index is 425. The van der Waals surface area contributed by atoms with Crippen LogP contribution in [0.25, 0.3) is 0 Å². The molecule has 0 aliphatic heterocycles. The summed E-state index contributed by atoms with van der Waals surface area (Å²) in [4.78, 5) is 11.6. The number of aliphatic hydroxyl groups is 1. The molecular formula is C25H48O4. The summed E-state index contributed by atoms with van der Waals surface area (Å²) in [5.41, 5.74) is -0.399. The van der Waals surface area contributed by atoms with Crippen molar-refractivity contribution in [2.24, 2.45) is 0 Å². The van der Waals surface area contributed by atoms with Crippen molar-refractivity contribution >= 4 is 5.97 Å². The zero-order valence-electron chi connectivity index (χ0n) is 19.9. The first kappa shape index (κ1) is 28.1. The fourth-order valence-corrected chi connectivity index (χ4v) is 3.39. The zero-order valence-corrected chi connectivity index (χ0v) is 19.9. The lowest BCUT2D eigenvalue weighted by molar-refractivity contribution is -0.210. The SMILES string of the molecule is CCCCCCCC(O)(CCCCCC/C=C/CCC(=O)OC(C)(C)C)OCC. The highest BCUT2D eigenvalue weighted by Crippen LogP contribution is 2.24. The van der Waals surface area contributed by atoms with E-state index in [9.17, 15) is 9.90 Å². The maximum Gasteiger partial charge on any atom is 0.306 e. The minimum Gasteiger partial charge on any atom is -0.460 e. The standard InChI is InChI=1S/C25H48O4/c1-6-8-9-15-18-21-25(27,28-7-2)22-19-16-13-11-10-12-14-17-20-23(26)29-24(3,4)5/h12,14,27H,6-11,13,15-22H2,1-5H3/b14-12+. The second kappa shape index (κ2) is 16.9. The van der Waals surface area contributed by atoms with Crippen molar-refractivity contribution in [3.8, 4) is 0 Å². The van der Waals surface area contributed by atoms with Gasteiger partial charge in [-0.15, -0.1) is 0 Å². The molecule has 0 aromatic heterocycles. The van der Waals surface area contributed by atoms with Crippen LogP contribution in [0.15, 0.2) is 12.2 Å². The molecule has 0 heterocycles. The third kappa shape index (κ3) is 18.9. The quantitative estimate of drug-likeness (QED) is 0.113. The van der Waals surface area contributed by atoms with Gasteiger partial charge < -0.3 is 14.6 Å². The van der Waals surface area contributed by atoms with E-state index in [0.717, 1.165) is 57.8 Å². The number of unbranched alkanes of at least 4 members (excludes halogenated alkanes) is 8. The van der Waals surface area contributed by atoms with Crippen LogP contribution in [0, 0.1) is 0 Å². The molecule has 4 nitrogen and oxygen atoms in total. The molecule has 0 saturated carbocycles. The zero-order chi connectivity index (χ0) is 22.0. The van der Waals surface area contributed by atoms with E-state index in [0.29, 0.717) is 13.0 Å². The van der Waals surface area contributed by atoms with Crippen LogP contribution in [0.5, 0.6) is 0 Å². The largest absolute Gasteiger partial charge is 0.460 e. The monoisotopic (exact) mass is 412 g/mol. The van der Waals surface area contributed by atoms with E-state index in [1.54, 1.807) is 0 Å². The Hall–Kier alpha value is -0.870. The maximum absolute atomic E-state index is 11.6. The van der Waals surface area contributed by atoms with Gasteiger partial charge in [0.1, 0.15) is 5.60 Å². The van der Waals surface area contributed by atoms with Gasteiger partial charge in [0.2, 0.25) is 0 Å². The predicted octanol–water partition coefficient (Wildman–Crippen LogP) is 7.09. The fraction of sp³-hybridized carbons (Fsp3) is 0.880. The summed E-state index contributed by atoms with van der Waals surface area (Å²) < 4.78 is 11.0. The van der Waals surface area contributed by atoms with Crippen molar-refractivity contribution in [2.75, 3.05) is 6.61 Å². The predicted molar refractivity (Wildman–Crippen MR) is 122 cm³/mol. The number of carbonyl (C=O) groups excluding carboxylic acids is 1. The lowest BCUT2D eigenvalue weighted by Crippen LogP contribution is -2.32. The van der Waals surface area contributed by atoms with Crippen LogP contribution in [-0.4, -0.2) is 29.1 Å². The molecule has 0 amide bonds. The summed E-state index contributed by atoms with van der Waals surface area (Å²) in [6.07, 6.45) is 18.4. The number of esters is 1. The second-order valence-corrected chi connectivity index (χ2v) is 9.09. The Balaban J connectivity index is 3.77. The number of hydrogen-bond acceptors (Lipinski definition) is 4. The first-order valence-electron chi connectivity index (χ1n) is 12.0. The molecule has 0 bridgehead atoms. The molecule has 1 unspecified atom stereocenters. The molecule has 0 rings (SSSR count). The van der Waals surface area contributed by atoms with Crippen molar-refractivity contribution in [3.05, 3.63) is 12.2 Å². The van der Waals surface area contributed by atoms with Crippen LogP contribution >= 0.6 is 0 Å². The molecule has 1 N–H and O–H groups in total. The van der Waals surface area contributed by atoms with Gasteiger partial charge in [-0.2, -0.15) is 0 Å². The Morgan fingerprint density at radius 2 is 1.38 bits per heavy atom. The summed E-state index contributed by atoms with van der Waals surface area (Å²) in [7, 11) is 0. The summed E-state index contributed by atoms with van der Waals surface area (Å²) in [6, 6.07) is 0. The van der Waals surface area contributed by atoms with Gasteiger partial charge in [0.15, 0.2) is 5.79 Å². The van der Waals surface area contributed by atoms with Crippen LogP contribution in [0.1, 0.15) is 125 Å². The van der Waals surface area contributed by atoms with Crippen LogP contribution in [-0.2, 0) is 14.3 Å². The Morgan fingerprint density at radius 1 is 0.828 bits per heavy atom. The normalized spacial score (nSPS) is 14.3. The number of allylic oxidation sites excluding steroid dienone is 2. The van der Waals surface area contributed by atoms with Crippen LogP contribution in [0.3, 0.4) is 0 Å². The van der Waals surface area contributed by atoms with E-state index in [2.05, 4.69) is 19.1 Å². The topological polar surface area (TPSA) is 55.8 Å². The minimum absolute atomic E-state index is 0.130. The third-order valence-electron chi connectivity index (χ3n) is 4.87. The molecule has 4 heteroatoms. The number of carbonyl (C=O) groups is 1. The van der Waals surface area contributed by atoms with Crippen molar-refractivity contribution in [3.63, 3.8) is 0 Å². The molecule has 172 valence electrons. The van der Waals surface area contributed by atoms with Gasteiger partial charge in [-0.3, -0.25) is 4.79 Å². The van der Waals surface area contributed by atoms with Crippen LogP contribution in [0.2, 0.25) is 0 Å². The van der Waals surface area contributed by atoms with Gasteiger partial charge in [0.05, 0.1) is 0 Å². The molecule has 0 aliphatic carbocycles. The molecule has 0 aliphatic rings. The van der Waals surface area contributed by atoms with Gasteiger partial charge in [-0.1, -0.05) is 57.6 Å². The lowest BCUT2D eigenvalue weighted by atomic mass is 9.99. The molecule has 0 fully saturated rings. The average molecular weight is 413 g/mol. The summed E-state index contributed by atoms with van der Waals surface area (Å²) >= 11 is 0. The number of ether oxygens (including phenoxy) is 2. The molecular weight excluding hydrogens is 364 g/mol. The van der Waals surface area contributed by atoms with E-state index in [1.165, 1.54) is 25.7 Å².